The van der Waals surface area contributed by atoms with Crippen molar-refractivity contribution in [2.75, 3.05) is 14.2 Å². The van der Waals surface area contributed by atoms with Gasteiger partial charge in [0.2, 0.25) is 11.6 Å². The third-order valence-electron chi connectivity index (χ3n) is 3.70. The summed E-state index contributed by atoms with van der Waals surface area (Å²) in [5.74, 6) is -1.97. The average molecular weight is 244 g/mol. The lowest BCUT2D eigenvalue weighted by Crippen LogP contribution is -2.65. The lowest BCUT2D eigenvalue weighted by atomic mass is 9.95. The molecule has 0 radical (unpaired) electrons. The second kappa shape index (κ2) is 4.33. The van der Waals surface area contributed by atoms with Crippen LogP contribution in [0.25, 0.3) is 0 Å². The Bertz CT molecular complexity index is 318. The Morgan fingerprint density at radius 2 is 1.71 bits per heavy atom. The molecule has 0 saturated carbocycles. The number of hydrogen-bond donors (Lipinski definition) is 1. The van der Waals surface area contributed by atoms with Crippen LogP contribution in [0.4, 0.5) is 0 Å². The van der Waals surface area contributed by atoms with E-state index in [1.807, 2.05) is 6.08 Å². The van der Waals surface area contributed by atoms with Gasteiger partial charge in [0, 0.05) is 20.6 Å². The van der Waals surface area contributed by atoms with E-state index in [0.717, 1.165) is 0 Å². The predicted molar refractivity (Wildman–Crippen MR) is 60.3 cm³/mol. The van der Waals surface area contributed by atoms with Crippen molar-refractivity contribution in [3.8, 4) is 0 Å². The van der Waals surface area contributed by atoms with Crippen molar-refractivity contribution in [1.82, 2.24) is 0 Å². The molecular formula is C12H20O5. The smallest absolute Gasteiger partial charge is 0.220 e. The number of ether oxygens (including phenoxy) is 4. The highest BCUT2D eigenvalue weighted by Crippen LogP contribution is 2.41. The van der Waals surface area contributed by atoms with E-state index in [-0.39, 0.29) is 12.2 Å². The molecule has 1 heterocycles. The molecule has 5 atom stereocenters. The molecule has 0 spiro atoms. The zero-order valence-corrected chi connectivity index (χ0v) is 10.7. The molecule has 98 valence electrons. The summed E-state index contributed by atoms with van der Waals surface area (Å²) in [5.41, 5.74) is 0. The summed E-state index contributed by atoms with van der Waals surface area (Å²) >= 11 is 0. The highest BCUT2D eigenvalue weighted by atomic mass is 16.8. The summed E-state index contributed by atoms with van der Waals surface area (Å²) in [6.45, 7) is 3.56. The molecule has 0 unspecified atom stereocenters. The van der Waals surface area contributed by atoms with Gasteiger partial charge in [-0.15, -0.1) is 0 Å². The summed E-state index contributed by atoms with van der Waals surface area (Å²) in [6.07, 6.45) is 3.10. The van der Waals surface area contributed by atoms with E-state index < -0.39 is 17.7 Å². The van der Waals surface area contributed by atoms with Crippen LogP contribution in [0, 0.1) is 0 Å². The molecule has 0 aromatic carbocycles. The topological polar surface area (TPSA) is 57.2 Å². The third kappa shape index (κ3) is 2.02. The van der Waals surface area contributed by atoms with Crippen LogP contribution in [0.1, 0.15) is 20.3 Å². The van der Waals surface area contributed by atoms with E-state index in [4.69, 9.17) is 18.9 Å². The van der Waals surface area contributed by atoms with Crippen LogP contribution in [-0.4, -0.2) is 49.2 Å². The van der Waals surface area contributed by atoms with Gasteiger partial charge in [-0.1, -0.05) is 12.2 Å². The maximum atomic E-state index is 9.58. The molecule has 1 saturated heterocycles. The molecule has 1 aliphatic carbocycles. The van der Waals surface area contributed by atoms with Gasteiger partial charge >= 0.3 is 0 Å². The van der Waals surface area contributed by atoms with Crippen molar-refractivity contribution in [2.45, 2.75) is 50.2 Å². The maximum absolute atomic E-state index is 9.58. The van der Waals surface area contributed by atoms with Crippen molar-refractivity contribution in [1.29, 1.82) is 0 Å². The van der Waals surface area contributed by atoms with Crippen molar-refractivity contribution < 1.29 is 24.1 Å². The third-order valence-corrected chi connectivity index (χ3v) is 3.70. The van der Waals surface area contributed by atoms with Crippen molar-refractivity contribution in [3.63, 3.8) is 0 Å². The van der Waals surface area contributed by atoms with Crippen LogP contribution >= 0.6 is 0 Å². The monoisotopic (exact) mass is 244 g/mol. The summed E-state index contributed by atoms with van der Waals surface area (Å²) in [4.78, 5) is 0. The molecule has 1 fully saturated rings. The Morgan fingerprint density at radius 1 is 1.12 bits per heavy atom. The fourth-order valence-corrected chi connectivity index (χ4v) is 2.27. The van der Waals surface area contributed by atoms with Gasteiger partial charge in [-0.3, -0.25) is 0 Å². The molecule has 2 rings (SSSR count). The first-order valence-corrected chi connectivity index (χ1v) is 5.76. The van der Waals surface area contributed by atoms with Gasteiger partial charge < -0.3 is 24.1 Å². The number of aliphatic hydroxyl groups excluding tert-OH is 1. The Balaban J connectivity index is 2.26. The lowest BCUT2D eigenvalue weighted by Gasteiger charge is -2.52. The summed E-state index contributed by atoms with van der Waals surface area (Å²) in [5, 5.41) is 9.58. The summed E-state index contributed by atoms with van der Waals surface area (Å²) < 4.78 is 22.6. The van der Waals surface area contributed by atoms with Gasteiger partial charge in [0.1, 0.15) is 6.10 Å². The minimum absolute atomic E-state index is 0.216. The predicted octanol–water partition coefficient (Wildman–Crippen LogP) is 0.816. The molecule has 1 aliphatic heterocycles. The molecule has 1 N–H and O–H groups in total. The van der Waals surface area contributed by atoms with Crippen LogP contribution < -0.4 is 0 Å². The van der Waals surface area contributed by atoms with Crippen molar-refractivity contribution in [3.05, 3.63) is 12.2 Å². The zero-order chi connectivity index (χ0) is 12.7. The molecule has 0 bridgehead atoms. The summed E-state index contributed by atoms with van der Waals surface area (Å²) in [6, 6.07) is 0. The molecule has 17 heavy (non-hydrogen) atoms. The molecule has 0 amide bonds. The van der Waals surface area contributed by atoms with E-state index in [1.54, 1.807) is 34.1 Å². The quantitative estimate of drug-likeness (QED) is 0.729. The van der Waals surface area contributed by atoms with Gasteiger partial charge in [-0.05, 0) is 13.8 Å². The normalized spacial score (nSPS) is 50.1. The van der Waals surface area contributed by atoms with E-state index in [2.05, 4.69) is 0 Å². The second-order valence-electron chi connectivity index (χ2n) is 4.73. The largest absolute Gasteiger partial charge is 0.389 e. The minimum atomic E-state index is -0.992. The fraction of sp³-hybridized carbons (Fsp3) is 0.833. The summed E-state index contributed by atoms with van der Waals surface area (Å²) in [7, 11) is 3.11. The molecule has 0 aromatic rings. The van der Waals surface area contributed by atoms with Gasteiger partial charge in [-0.25, -0.2) is 0 Å². The Kier molecular flexibility index (Phi) is 3.31. The van der Waals surface area contributed by atoms with E-state index in [0.29, 0.717) is 6.42 Å². The molecule has 5 heteroatoms. The van der Waals surface area contributed by atoms with Gasteiger partial charge in [0.15, 0.2) is 0 Å². The van der Waals surface area contributed by atoms with Crippen LogP contribution in [0.5, 0.6) is 0 Å². The Morgan fingerprint density at radius 3 is 2.29 bits per heavy atom. The van der Waals surface area contributed by atoms with Crippen LogP contribution in [0.3, 0.4) is 0 Å². The van der Waals surface area contributed by atoms with Crippen LogP contribution in [-0.2, 0) is 18.9 Å². The van der Waals surface area contributed by atoms with Crippen molar-refractivity contribution >= 4 is 0 Å². The second-order valence-corrected chi connectivity index (χ2v) is 4.73. The van der Waals surface area contributed by atoms with Crippen molar-refractivity contribution in [2.24, 2.45) is 0 Å². The van der Waals surface area contributed by atoms with E-state index >= 15 is 0 Å². The number of aliphatic hydroxyl groups is 1. The SMILES string of the molecule is CO[C@]1(C)O[C@H]2C=C[C@H](O)C[C@@H]2O[C@@]1(C)OC. The molecule has 5 nitrogen and oxygen atoms in total. The van der Waals surface area contributed by atoms with Crippen LogP contribution in [0.15, 0.2) is 12.2 Å². The first-order chi connectivity index (χ1) is 7.94. The number of methoxy groups -OCH3 is 2. The highest BCUT2D eigenvalue weighted by molar-refractivity contribution is 5.08. The first-order valence-electron chi connectivity index (χ1n) is 5.76. The molecule has 2 aliphatic rings. The van der Waals surface area contributed by atoms with E-state index in [1.165, 1.54) is 0 Å². The average Bonchev–Trinajstić information content (AvgIpc) is 2.31. The maximum Gasteiger partial charge on any atom is 0.220 e. The first kappa shape index (κ1) is 13.0. The Hall–Kier alpha value is -0.460. The number of hydrogen-bond acceptors (Lipinski definition) is 5. The van der Waals surface area contributed by atoms with E-state index in [9.17, 15) is 5.11 Å². The minimum Gasteiger partial charge on any atom is -0.389 e. The lowest BCUT2D eigenvalue weighted by molar-refractivity contribution is -0.444. The van der Waals surface area contributed by atoms with Gasteiger partial charge in [-0.2, -0.15) is 0 Å². The van der Waals surface area contributed by atoms with Gasteiger partial charge in [0.25, 0.3) is 0 Å². The molecule has 0 aromatic heterocycles. The van der Waals surface area contributed by atoms with Gasteiger partial charge in [0.05, 0.1) is 12.2 Å². The zero-order valence-electron chi connectivity index (χ0n) is 10.7. The fourth-order valence-electron chi connectivity index (χ4n) is 2.27. The number of fused-ring (bicyclic) bond motifs is 1. The Labute approximate surface area is 101 Å². The highest BCUT2D eigenvalue weighted by Gasteiger charge is 2.56. The molecular weight excluding hydrogens is 224 g/mol. The number of rotatable bonds is 2. The standard InChI is InChI=1S/C12H20O5/c1-11(14-3)12(2,15-4)17-10-7-8(13)5-6-9(10)16-11/h5-6,8-10,13H,7H2,1-4H3/t8-,9-,10-,11+,12+/m0/s1. The van der Waals surface area contributed by atoms with Crippen LogP contribution in [0.2, 0.25) is 0 Å².